The fourth-order valence-electron chi connectivity index (χ4n) is 2.90. The van der Waals surface area contributed by atoms with Crippen LogP contribution in [0.15, 0.2) is 29.3 Å². The quantitative estimate of drug-likeness (QED) is 0.437. The first kappa shape index (κ1) is 22.5. The van der Waals surface area contributed by atoms with E-state index in [1.165, 1.54) is 0 Å². The third-order valence-corrected chi connectivity index (χ3v) is 4.49. The molecule has 2 rings (SSSR count). The molecule has 1 aliphatic heterocycles. The van der Waals surface area contributed by atoms with Crippen LogP contribution in [-0.4, -0.2) is 73.4 Å². The molecular weight excluding hydrogens is 387 g/mol. The number of guanidine groups is 1. The summed E-state index contributed by atoms with van der Waals surface area (Å²) in [7, 11) is 0. The van der Waals surface area contributed by atoms with E-state index in [1.807, 2.05) is 6.92 Å². The molecule has 10 heteroatoms. The van der Waals surface area contributed by atoms with Gasteiger partial charge in [-0.05, 0) is 31.2 Å². The number of halogens is 3. The van der Waals surface area contributed by atoms with Crippen LogP contribution < -0.4 is 10.6 Å². The molecule has 1 saturated heterocycles. The molecule has 0 unspecified atom stereocenters. The number of amides is 2. The van der Waals surface area contributed by atoms with Gasteiger partial charge in [-0.2, -0.15) is 13.2 Å². The van der Waals surface area contributed by atoms with Gasteiger partial charge in [0.15, 0.2) is 5.96 Å². The van der Waals surface area contributed by atoms with E-state index in [2.05, 4.69) is 20.5 Å². The van der Waals surface area contributed by atoms with Crippen molar-refractivity contribution in [2.24, 2.45) is 4.99 Å². The van der Waals surface area contributed by atoms with Crippen LogP contribution in [0.1, 0.15) is 29.8 Å². The second-order valence-corrected chi connectivity index (χ2v) is 6.56. The highest BCUT2D eigenvalue weighted by molar-refractivity contribution is 5.94. The minimum absolute atomic E-state index is 0.0533. The van der Waals surface area contributed by atoms with Crippen molar-refractivity contribution in [3.8, 4) is 0 Å². The molecule has 0 saturated carbocycles. The number of piperazine rings is 1. The lowest BCUT2D eigenvalue weighted by molar-refractivity contribution is -0.137. The molecule has 0 aliphatic carbocycles. The van der Waals surface area contributed by atoms with Gasteiger partial charge in [-0.1, -0.05) is 0 Å². The molecule has 1 aromatic carbocycles. The molecule has 1 aromatic rings. The van der Waals surface area contributed by atoms with E-state index in [0.29, 0.717) is 45.2 Å². The van der Waals surface area contributed by atoms with Crippen LogP contribution in [0.2, 0.25) is 0 Å². The standard InChI is InChI=1S/C19H26F3N5O2/c1-3-23-18(27-12-10-26(11-13-27)14(2)28)25-9-8-24-17(29)15-4-6-16(7-5-15)19(20,21)22/h4-7H,3,8-13H2,1-2H3,(H,23,25)(H,24,29). The zero-order chi connectivity index (χ0) is 21.4. The number of hydrogen-bond donors (Lipinski definition) is 2. The molecule has 0 spiro atoms. The maximum absolute atomic E-state index is 12.6. The third kappa shape index (κ3) is 6.65. The molecule has 1 heterocycles. The lowest BCUT2D eigenvalue weighted by Crippen LogP contribution is -2.53. The molecule has 1 fully saturated rings. The van der Waals surface area contributed by atoms with E-state index < -0.39 is 17.6 Å². The van der Waals surface area contributed by atoms with Gasteiger partial charge >= 0.3 is 6.18 Å². The van der Waals surface area contributed by atoms with E-state index in [-0.39, 0.29) is 18.0 Å². The molecule has 1 aliphatic rings. The molecular formula is C19H26F3N5O2. The van der Waals surface area contributed by atoms with Crippen molar-refractivity contribution in [2.75, 3.05) is 45.8 Å². The van der Waals surface area contributed by atoms with Crippen LogP contribution in [0, 0.1) is 0 Å². The number of nitrogens with one attached hydrogen (secondary N) is 2. The Bertz CT molecular complexity index is 726. The molecule has 2 N–H and O–H groups in total. The van der Waals surface area contributed by atoms with Gasteiger partial charge < -0.3 is 20.4 Å². The smallest absolute Gasteiger partial charge is 0.357 e. The highest BCUT2D eigenvalue weighted by atomic mass is 19.4. The maximum atomic E-state index is 12.6. The van der Waals surface area contributed by atoms with Gasteiger partial charge in [0, 0.05) is 51.8 Å². The van der Waals surface area contributed by atoms with Gasteiger partial charge in [-0.15, -0.1) is 0 Å². The zero-order valence-corrected chi connectivity index (χ0v) is 16.6. The monoisotopic (exact) mass is 413 g/mol. The summed E-state index contributed by atoms with van der Waals surface area (Å²) in [5, 5.41) is 5.84. The number of alkyl halides is 3. The Labute approximate surface area is 168 Å². The summed E-state index contributed by atoms with van der Waals surface area (Å²) in [6.45, 7) is 7.36. The fraction of sp³-hybridized carbons (Fsp3) is 0.526. The van der Waals surface area contributed by atoms with Crippen molar-refractivity contribution in [2.45, 2.75) is 20.0 Å². The number of rotatable bonds is 5. The predicted octanol–water partition coefficient (Wildman–Crippen LogP) is 1.56. The molecule has 0 radical (unpaired) electrons. The third-order valence-electron chi connectivity index (χ3n) is 4.49. The lowest BCUT2D eigenvalue weighted by atomic mass is 10.1. The minimum atomic E-state index is -4.43. The van der Waals surface area contributed by atoms with Gasteiger partial charge in [0.05, 0.1) is 12.1 Å². The minimum Gasteiger partial charge on any atom is -0.357 e. The zero-order valence-electron chi connectivity index (χ0n) is 16.6. The largest absolute Gasteiger partial charge is 0.416 e. The van der Waals surface area contributed by atoms with Crippen molar-refractivity contribution in [1.82, 2.24) is 20.4 Å². The van der Waals surface area contributed by atoms with Crippen molar-refractivity contribution < 1.29 is 22.8 Å². The molecule has 0 bridgehead atoms. The molecule has 29 heavy (non-hydrogen) atoms. The topological polar surface area (TPSA) is 77.0 Å². The summed E-state index contributed by atoms with van der Waals surface area (Å²) in [6, 6.07) is 4.08. The molecule has 2 amide bonds. The van der Waals surface area contributed by atoms with E-state index in [1.54, 1.807) is 11.8 Å². The van der Waals surface area contributed by atoms with Gasteiger partial charge in [-0.25, -0.2) is 0 Å². The predicted molar refractivity (Wildman–Crippen MR) is 104 cm³/mol. The van der Waals surface area contributed by atoms with Gasteiger partial charge in [-0.3, -0.25) is 14.6 Å². The number of hydrogen-bond acceptors (Lipinski definition) is 3. The summed E-state index contributed by atoms with van der Waals surface area (Å²) < 4.78 is 37.7. The highest BCUT2D eigenvalue weighted by Crippen LogP contribution is 2.29. The van der Waals surface area contributed by atoms with Crippen LogP contribution >= 0.6 is 0 Å². The number of benzene rings is 1. The van der Waals surface area contributed by atoms with Crippen LogP contribution in [-0.2, 0) is 11.0 Å². The van der Waals surface area contributed by atoms with Gasteiger partial charge in [0.25, 0.3) is 5.91 Å². The second kappa shape index (κ2) is 10.1. The Morgan fingerprint density at radius 3 is 2.14 bits per heavy atom. The van der Waals surface area contributed by atoms with Crippen LogP contribution in [0.3, 0.4) is 0 Å². The summed E-state index contributed by atoms with van der Waals surface area (Å²) in [4.78, 5) is 31.8. The SMILES string of the molecule is CCNC(=NCCNC(=O)c1ccc(C(F)(F)F)cc1)N1CCN(C(C)=O)CC1. The summed E-state index contributed by atoms with van der Waals surface area (Å²) in [5.74, 6) is 0.311. The fourth-order valence-corrected chi connectivity index (χ4v) is 2.90. The van der Waals surface area contributed by atoms with E-state index in [0.717, 1.165) is 24.3 Å². The molecule has 7 nitrogen and oxygen atoms in total. The van der Waals surface area contributed by atoms with Crippen LogP contribution in [0.25, 0.3) is 0 Å². The normalized spacial score (nSPS) is 15.3. The van der Waals surface area contributed by atoms with Crippen molar-refractivity contribution in [3.05, 3.63) is 35.4 Å². The number of carbonyl (C=O) groups is 2. The molecule has 0 aromatic heterocycles. The maximum Gasteiger partial charge on any atom is 0.416 e. The molecule has 0 atom stereocenters. The Balaban J connectivity index is 1.85. The average molecular weight is 413 g/mol. The van der Waals surface area contributed by atoms with E-state index >= 15 is 0 Å². The Kier molecular flexibility index (Phi) is 7.86. The first-order valence-electron chi connectivity index (χ1n) is 9.46. The molecule has 160 valence electrons. The average Bonchev–Trinajstić information content (AvgIpc) is 2.69. The summed E-state index contributed by atoms with van der Waals surface area (Å²) in [6.07, 6.45) is -4.43. The first-order valence-corrected chi connectivity index (χ1v) is 9.46. The van der Waals surface area contributed by atoms with Crippen molar-refractivity contribution in [1.29, 1.82) is 0 Å². The van der Waals surface area contributed by atoms with Crippen molar-refractivity contribution >= 4 is 17.8 Å². The van der Waals surface area contributed by atoms with E-state index in [4.69, 9.17) is 0 Å². The Hall–Kier alpha value is -2.78. The second-order valence-electron chi connectivity index (χ2n) is 6.56. The van der Waals surface area contributed by atoms with Gasteiger partial charge in [0.1, 0.15) is 0 Å². The number of carbonyl (C=O) groups excluding carboxylic acids is 2. The summed E-state index contributed by atoms with van der Waals surface area (Å²) >= 11 is 0. The lowest BCUT2D eigenvalue weighted by Gasteiger charge is -2.36. The van der Waals surface area contributed by atoms with E-state index in [9.17, 15) is 22.8 Å². The first-order chi connectivity index (χ1) is 13.7. The number of aliphatic imine (C=N–C) groups is 1. The number of nitrogens with zero attached hydrogens (tertiary/aromatic N) is 3. The Morgan fingerprint density at radius 1 is 1.03 bits per heavy atom. The van der Waals surface area contributed by atoms with Crippen LogP contribution in [0.5, 0.6) is 0 Å². The van der Waals surface area contributed by atoms with Gasteiger partial charge in [0.2, 0.25) is 5.91 Å². The highest BCUT2D eigenvalue weighted by Gasteiger charge is 2.30. The summed E-state index contributed by atoms with van der Waals surface area (Å²) in [5.41, 5.74) is -0.631. The van der Waals surface area contributed by atoms with Crippen molar-refractivity contribution in [3.63, 3.8) is 0 Å². The van der Waals surface area contributed by atoms with Crippen LogP contribution in [0.4, 0.5) is 13.2 Å². The Morgan fingerprint density at radius 2 is 1.62 bits per heavy atom.